The minimum atomic E-state index is -0.0166. The van der Waals surface area contributed by atoms with Gasteiger partial charge in [-0.15, -0.1) is 0 Å². The van der Waals surface area contributed by atoms with Crippen LogP contribution in [0.5, 0.6) is 0 Å². The van der Waals surface area contributed by atoms with Crippen molar-refractivity contribution in [3.05, 3.63) is 58.5 Å². The van der Waals surface area contributed by atoms with Gasteiger partial charge in [-0.3, -0.25) is 14.5 Å². The first-order valence-electron chi connectivity index (χ1n) is 8.55. The number of pyridine rings is 1. The maximum Gasteiger partial charge on any atom is 0.255 e. The van der Waals surface area contributed by atoms with Gasteiger partial charge in [0.1, 0.15) is 0 Å². The molecule has 25 heavy (non-hydrogen) atoms. The van der Waals surface area contributed by atoms with E-state index in [4.69, 9.17) is 0 Å². The molecule has 3 aromatic rings. The lowest BCUT2D eigenvalue weighted by atomic mass is 10.1. The second-order valence-electron chi connectivity index (χ2n) is 6.57. The molecule has 1 aromatic carbocycles. The van der Waals surface area contributed by atoms with Gasteiger partial charge in [0, 0.05) is 37.3 Å². The van der Waals surface area contributed by atoms with Crippen molar-refractivity contribution < 1.29 is 4.79 Å². The SMILES string of the molecule is CCn1cc(CN(C)C(=O)c2cc3cc(C)ccc3nc2C)c(C)n1. The highest BCUT2D eigenvalue weighted by Gasteiger charge is 2.18. The Morgan fingerprint density at radius 3 is 2.60 bits per heavy atom. The number of rotatable bonds is 4. The molecule has 2 aromatic heterocycles. The summed E-state index contributed by atoms with van der Waals surface area (Å²) in [5.74, 6) is -0.0166. The smallest absolute Gasteiger partial charge is 0.255 e. The van der Waals surface area contributed by atoms with Gasteiger partial charge in [0.2, 0.25) is 0 Å². The molecule has 0 saturated heterocycles. The van der Waals surface area contributed by atoms with Crippen molar-refractivity contribution in [1.82, 2.24) is 19.7 Å². The van der Waals surface area contributed by atoms with Crippen LogP contribution in [0.1, 0.15) is 39.8 Å². The monoisotopic (exact) mass is 336 g/mol. The van der Waals surface area contributed by atoms with Crippen molar-refractivity contribution >= 4 is 16.8 Å². The number of carbonyl (C=O) groups excluding carboxylic acids is 1. The van der Waals surface area contributed by atoms with Crippen molar-refractivity contribution in [2.45, 2.75) is 40.8 Å². The van der Waals surface area contributed by atoms with Crippen LogP contribution >= 0.6 is 0 Å². The fourth-order valence-corrected chi connectivity index (χ4v) is 3.02. The van der Waals surface area contributed by atoms with Crippen LogP contribution in [0.15, 0.2) is 30.5 Å². The van der Waals surface area contributed by atoms with Crippen molar-refractivity contribution in [3.8, 4) is 0 Å². The summed E-state index contributed by atoms with van der Waals surface area (Å²) in [6, 6.07) is 8.05. The average molecular weight is 336 g/mol. The summed E-state index contributed by atoms with van der Waals surface area (Å²) >= 11 is 0. The molecule has 0 N–H and O–H groups in total. The van der Waals surface area contributed by atoms with Crippen LogP contribution in [0.2, 0.25) is 0 Å². The molecular formula is C20H24N4O. The minimum Gasteiger partial charge on any atom is -0.337 e. The van der Waals surface area contributed by atoms with Crippen LogP contribution in [-0.2, 0) is 13.1 Å². The Kier molecular flexibility index (Phi) is 4.57. The van der Waals surface area contributed by atoms with Crippen LogP contribution in [0.4, 0.5) is 0 Å². The lowest BCUT2D eigenvalue weighted by Crippen LogP contribution is -2.27. The number of fused-ring (bicyclic) bond motifs is 1. The normalized spacial score (nSPS) is 11.1. The van der Waals surface area contributed by atoms with Crippen molar-refractivity contribution in [3.63, 3.8) is 0 Å². The number of nitrogens with zero attached hydrogens (tertiary/aromatic N) is 4. The number of hydrogen-bond acceptors (Lipinski definition) is 3. The van der Waals surface area contributed by atoms with Gasteiger partial charge in [-0.1, -0.05) is 11.6 Å². The average Bonchev–Trinajstić information content (AvgIpc) is 2.94. The third kappa shape index (κ3) is 3.40. The number of aromatic nitrogens is 3. The van der Waals surface area contributed by atoms with E-state index < -0.39 is 0 Å². The summed E-state index contributed by atoms with van der Waals surface area (Å²) < 4.78 is 1.90. The molecule has 5 heteroatoms. The molecule has 2 heterocycles. The zero-order valence-electron chi connectivity index (χ0n) is 15.5. The molecule has 0 aliphatic heterocycles. The Morgan fingerprint density at radius 1 is 1.16 bits per heavy atom. The number of carbonyl (C=O) groups is 1. The highest BCUT2D eigenvalue weighted by molar-refractivity contribution is 5.98. The Balaban J connectivity index is 1.89. The summed E-state index contributed by atoms with van der Waals surface area (Å²) in [6.45, 7) is 9.33. The van der Waals surface area contributed by atoms with E-state index in [1.54, 1.807) is 4.90 Å². The topological polar surface area (TPSA) is 51.0 Å². The fourth-order valence-electron chi connectivity index (χ4n) is 3.02. The maximum absolute atomic E-state index is 12.9. The standard InChI is InChI=1S/C20H24N4O/c1-6-24-12-17(14(3)22-24)11-23(5)20(25)18-10-16-9-13(2)7-8-19(16)21-15(18)4/h7-10,12H,6,11H2,1-5H3. The molecule has 0 aliphatic rings. The highest BCUT2D eigenvalue weighted by atomic mass is 16.2. The molecule has 3 rings (SSSR count). The molecule has 0 aliphatic carbocycles. The van der Waals surface area contributed by atoms with Gasteiger partial charge in [0.05, 0.1) is 22.5 Å². The van der Waals surface area contributed by atoms with E-state index >= 15 is 0 Å². The summed E-state index contributed by atoms with van der Waals surface area (Å²) in [7, 11) is 1.82. The largest absolute Gasteiger partial charge is 0.337 e. The number of aryl methyl sites for hydroxylation is 4. The fraction of sp³-hybridized carbons (Fsp3) is 0.350. The second kappa shape index (κ2) is 6.67. The molecular weight excluding hydrogens is 312 g/mol. The summed E-state index contributed by atoms with van der Waals surface area (Å²) in [5, 5.41) is 5.45. The Labute approximate surface area is 148 Å². The quantitative estimate of drug-likeness (QED) is 0.731. The number of hydrogen-bond donors (Lipinski definition) is 0. The van der Waals surface area contributed by atoms with Crippen molar-refractivity contribution in [1.29, 1.82) is 0 Å². The van der Waals surface area contributed by atoms with Gasteiger partial charge < -0.3 is 4.90 Å². The predicted molar refractivity (Wildman–Crippen MR) is 99.7 cm³/mol. The van der Waals surface area contributed by atoms with E-state index in [2.05, 4.69) is 23.1 Å². The molecule has 0 bridgehead atoms. The zero-order valence-corrected chi connectivity index (χ0v) is 15.5. The Hall–Kier alpha value is -2.69. The third-order valence-corrected chi connectivity index (χ3v) is 4.52. The van der Waals surface area contributed by atoms with Gasteiger partial charge in [-0.25, -0.2) is 0 Å². The predicted octanol–water partition coefficient (Wildman–Crippen LogP) is 3.65. The molecule has 0 unspecified atom stereocenters. The van der Waals surface area contributed by atoms with Crippen molar-refractivity contribution in [2.24, 2.45) is 0 Å². The third-order valence-electron chi connectivity index (χ3n) is 4.52. The Bertz CT molecular complexity index is 942. The second-order valence-corrected chi connectivity index (χ2v) is 6.57. The Morgan fingerprint density at radius 2 is 1.92 bits per heavy atom. The molecule has 130 valence electrons. The van der Waals surface area contributed by atoms with Crippen LogP contribution in [0.25, 0.3) is 10.9 Å². The number of amides is 1. The van der Waals surface area contributed by atoms with Crippen LogP contribution in [0, 0.1) is 20.8 Å². The van der Waals surface area contributed by atoms with E-state index in [1.165, 1.54) is 0 Å². The highest BCUT2D eigenvalue weighted by Crippen LogP contribution is 2.20. The van der Waals surface area contributed by atoms with Gasteiger partial charge >= 0.3 is 0 Å². The summed E-state index contributed by atoms with van der Waals surface area (Å²) in [4.78, 5) is 19.3. The van der Waals surface area contributed by atoms with Gasteiger partial charge in [0.15, 0.2) is 0 Å². The van der Waals surface area contributed by atoms with E-state index in [0.29, 0.717) is 12.1 Å². The van der Waals surface area contributed by atoms with Gasteiger partial charge in [0.25, 0.3) is 5.91 Å². The van der Waals surface area contributed by atoms with Crippen molar-refractivity contribution in [2.75, 3.05) is 7.05 Å². The summed E-state index contributed by atoms with van der Waals surface area (Å²) in [6.07, 6.45) is 2.01. The lowest BCUT2D eigenvalue weighted by molar-refractivity contribution is 0.0784. The minimum absolute atomic E-state index is 0.0166. The van der Waals surface area contributed by atoms with Crippen LogP contribution in [-0.4, -0.2) is 32.6 Å². The first-order chi connectivity index (χ1) is 11.9. The summed E-state index contributed by atoms with van der Waals surface area (Å²) in [5.41, 5.74) is 5.52. The maximum atomic E-state index is 12.9. The molecule has 0 radical (unpaired) electrons. The van der Waals surface area contributed by atoms with Crippen LogP contribution in [0.3, 0.4) is 0 Å². The number of benzene rings is 1. The molecule has 5 nitrogen and oxygen atoms in total. The molecule has 0 atom stereocenters. The molecule has 0 fully saturated rings. The van der Waals surface area contributed by atoms with E-state index in [0.717, 1.165) is 40.0 Å². The first-order valence-corrected chi connectivity index (χ1v) is 8.55. The van der Waals surface area contributed by atoms with E-state index in [1.807, 2.05) is 56.9 Å². The van der Waals surface area contributed by atoms with Gasteiger partial charge in [-0.2, -0.15) is 5.10 Å². The molecule has 0 spiro atoms. The van der Waals surface area contributed by atoms with Gasteiger partial charge in [-0.05, 0) is 45.9 Å². The molecule has 0 saturated carbocycles. The lowest BCUT2D eigenvalue weighted by Gasteiger charge is -2.18. The first kappa shape index (κ1) is 17.1. The zero-order chi connectivity index (χ0) is 18.1. The molecule has 1 amide bonds. The van der Waals surface area contributed by atoms with E-state index in [9.17, 15) is 4.79 Å². The van der Waals surface area contributed by atoms with E-state index in [-0.39, 0.29) is 5.91 Å². The van der Waals surface area contributed by atoms with Crippen LogP contribution < -0.4 is 0 Å².